The zero-order valence-electron chi connectivity index (χ0n) is 11.0. The van der Waals surface area contributed by atoms with Crippen LogP contribution in [0.5, 0.6) is 0 Å². The zero-order chi connectivity index (χ0) is 12.5. The summed E-state index contributed by atoms with van der Waals surface area (Å²) in [5.41, 5.74) is 0. The lowest BCUT2D eigenvalue weighted by Gasteiger charge is -2.15. The van der Waals surface area contributed by atoms with Gasteiger partial charge in [-0.1, -0.05) is 45.4 Å². The van der Waals surface area contributed by atoms with Crippen molar-refractivity contribution in [2.75, 3.05) is 7.05 Å². The van der Waals surface area contributed by atoms with Crippen LogP contribution >= 0.6 is 27.3 Å². The molecule has 0 amide bonds. The minimum absolute atomic E-state index is 0.524. The summed E-state index contributed by atoms with van der Waals surface area (Å²) in [4.78, 5) is 1.45. The maximum atomic E-state index is 3.62. The Morgan fingerprint density at radius 3 is 2.53 bits per heavy atom. The molecule has 1 unspecified atom stereocenters. The molecule has 1 nitrogen and oxygen atoms in total. The van der Waals surface area contributed by atoms with E-state index in [4.69, 9.17) is 0 Å². The molecule has 0 saturated heterocycles. The molecule has 0 spiro atoms. The summed E-state index contributed by atoms with van der Waals surface area (Å²) >= 11 is 5.47. The van der Waals surface area contributed by atoms with Crippen LogP contribution in [0.1, 0.15) is 62.8 Å². The lowest BCUT2D eigenvalue weighted by Crippen LogP contribution is -2.15. The van der Waals surface area contributed by atoms with Gasteiger partial charge in [0.15, 0.2) is 0 Å². The van der Waals surface area contributed by atoms with Crippen molar-refractivity contribution in [3.63, 3.8) is 0 Å². The van der Waals surface area contributed by atoms with Gasteiger partial charge in [-0.15, -0.1) is 11.3 Å². The molecule has 0 fully saturated rings. The van der Waals surface area contributed by atoms with Crippen molar-refractivity contribution in [3.05, 3.63) is 20.8 Å². The molecule has 0 aromatic carbocycles. The Kier molecular flexibility index (Phi) is 8.15. The minimum atomic E-state index is 0.524. The van der Waals surface area contributed by atoms with E-state index in [1.54, 1.807) is 0 Å². The molecule has 0 saturated carbocycles. The second-order valence-corrected chi connectivity index (χ2v) is 6.33. The van der Waals surface area contributed by atoms with Crippen molar-refractivity contribution < 1.29 is 0 Å². The number of halogens is 1. The van der Waals surface area contributed by atoms with Crippen LogP contribution in [0.3, 0.4) is 0 Å². The van der Waals surface area contributed by atoms with E-state index < -0.39 is 0 Å². The molecule has 1 aromatic rings. The average molecular weight is 318 g/mol. The first-order chi connectivity index (χ1) is 8.29. The van der Waals surface area contributed by atoms with Crippen molar-refractivity contribution >= 4 is 27.3 Å². The summed E-state index contributed by atoms with van der Waals surface area (Å²) in [6.07, 6.45) is 9.50. The minimum Gasteiger partial charge on any atom is -0.312 e. The molecule has 0 radical (unpaired) electrons. The van der Waals surface area contributed by atoms with Gasteiger partial charge in [-0.05, 0) is 40.8 Å². The van der Waals surface area contributed by atoms with E-state index in [0.717, 1.165) is 0 Å². The standard InChI is InChI=1S/C14H24BrNS/c1-3-4-5-6-7-8-9-13(16-2)14-12(15)10-11-17-14/h10-11,13,16H,3-9H2,1-2H3. The fourth-order valence-corrected chi connectivity index (χ4v) is 3.88. The number of thiophene rings is 1. The van der Waals surface area contributed by atoms with Crippen molar-refractivity contribution in [1.29, 1.82) is 0 Å². The maximum absolute atomic E-state index is 3.62. The highest BCUT2D eigenvalue weighted by molar-refractivity contribution is 9.10. The van der Waals surface area contributed by atoms with Gasteiger partial charge in [0.05, 0.1) is 0 Å². The van der Waals surface area contributed by atoms with E-state index in [1.807, 2.05) is 11.3 Å². The normalized spacial score (nSPS) is 12.9. The predicted octanol–water partition coefficient (Wildman–Crippen LogP) is 5.52. The lowest BCUT2D eigenvalue weighted by molar-refractivity contribution is 0.502. The van der Waals surface area contributed by atoms with Crippen molar-refractivity contribution in [1.82, 2.24) is 5.32 Å². The van der Waals surface area contributed by atoms with Crippen molar-refractivity contribution in [2.24, 2.45) is 0 Å². The summed E-state index contributed by atoms with van der Waals surface area (Å²) < 4.78 is 1.26. The zero-order valence-corrected chi connectivity index (χ0v) is 13.4. The number of rotatable bonds is 9. The molecule has 1 aromatic heterocycles. The Labute approximate surface area is 118 Å². The van der Waals surface area contributed by atoms with Gasteiger partial charge in [-0.25, -0.2) is 0 Å². The largest absolute Gasteiger partial charge is 0.312 e. The molecule has 0 aliphatic heterocycles. The molecule has 17 heavy (non-hydrogen) atoms. The third-order valence-electron chi connectivity index (χ3n) is 3.16. The molecule has 0 aliphatic rings. The monoisotopic (exact) mass is 317 g/mol. The first-order valence-corrected chi connectivity index (χ1v) is 8.37. The van der Waals surface area contributed by atoms with Crippen LogP contribution < -0.4 is 5.32 Å². The molecule has 3 heteroatoms. The van der Waals surface area contributed by atoms with Gasteiger partial charge >= 0.3 is 0 Å². The van der Waals surface area contributed by atoms with E-state index in [1.165, 1.54) is 54.3 Å². The van der Waals surface area contributed by atoms with Gasteiger partial charge in [0.1, 0.15) is 0 Å². The summed E-state index contributed by atoms with van der Waals surface area (Å²) in [7, 11) is 2.06. The molecule has 1 heterocycles. The van der Waals surface area contributed by atoms with E-state index in [0.29, 0.717) is 6.04 Å². The Bertz CT molecular complexity index is 298. The Morgan fingerprint density at radius 1 is 1.24 bits per heavy atom. The second kappa shape index (κ2) is 9.12. The van der Waals surface area contributed by atoms with Crippen molar-refractivity contribution in [2.45, 2.75) is 57.9 Å². The summed E-state index contributed by atoms with van der Waals surface area (Å²) in [5.74, 6) is 0. The quantitative estimate of drug-likeness (QED) is 0.591. The first-order valence-electron chi connectivity index (χ1n) is 6.69. The topological polar surface area (TPSA) is 12.0 Å². The fraction of sp³-hybridized carbons (Fsp3) is 0.714. The highest BCUT2D eigenvalue weighted by atomic mass is 79.9. The Hall–Kier alpha value is 0.140. The number of hydrogen-bond acceptors (Lipinski definition) is 2. The number of unbranched alkanes of at least 4 members (excludes halogenated alkanes) is 5. The molecule has 1 atom stereocenters. The van der Waals surface area contributed by atoms with Gasteiger partial charge in [0.25, 0.3) is 0 Å². The van der Waals surface area contributed by atoms with Crippen LogP contribution in [0.4, 0.5) is 0 Å². The SMILES string of the molecule is CCCCCCCCC(NC)c1sccc1Br. The highest BCUT2D eigenvalue weighted by Crippen LogP contribution is 2.31. The van der Waals surface area contributed by atoms with Gasteiger partial charge in [0, 0.05) is 15.4 Å². The van der Waals surface area contributed by atoms with E-state index in [9.17, 15) is 0 Å². The molecular weight excluding hydrogens is 294 g/mol. The molecule has 98 valence electrons. The van der Waals surface area contributed by atoms with Crippen LogP contribution in [-0.2, 0) is 0 Å². The molecule has 1 rings (SSSR count). The third-order valence-corrected chi connectivity index (χ3v) is 5.14. The Morgan fingerprint density at radius 2 is 1.94 bits per heavy atom. The van der Waals surface area contributed by atoms with Crippen LogP contribution in [0.2, 0.25) is 0 Å². The third kappa shape index (κ3) is 5.54. The van der Waals surface area contributed by atoms with Crippen LogP contribution in [0.25, 0.3) is 0 Å². The molecular formula is C14H24BrNS. The van der Waals surface area contributed by atoms with Crippen LogP contribution in [-0.4, -0.2) is 7.05 Å². The lowest BCUT2D eigenvalue weighted by atomic mass is 10.0. The van der Waals surface area contributed by atoms with E-state index >= 15 is 0 Å². The fourth-order valence-electron chi connectivity index (χ4n) is 2.09. The van der Waals surface area contributed by atoms with Gasteiger partial charge in [0.2, 0.25) is 0 Å². The van der Waals surface area contributed by atoms with Gasteiger partial charge in [-0.3, -0.25) is 0 Å². The van der Waals surface area contributed by atoms with Gasteiger partial charge < -0.3 is 5.32 Å². The second-order valence-electron chi connectivity index (χ2n) is 4.53. The predicted molar refractivity (Wildman–Crippen MR) is 81.8 cm³/mol. The molecule has 0 aliphatic carbocycles. The number of nitrogens with one attached hydrogen (secondary N) is 1. The van der Waals surface area contributed by atoms with Crippen LogP contribution in [0, 0.1) is 0 Å². The first kappa shape index (κ1) is 15.2. The summed E-state index contributed by atoms with van der Waals surface area (Å²) in [6, 6.07) is 2.67. The van der Waals surface area contributed by atoms with Crippen LogP contribution in [0.15, 0.2) is 15.9 Å². The maximum Gasteiger partial charge on any atom is 0.0423 e. The van der Waals surface area contributed by atoms with E-state index in [-0.39, 0.29) is 0 Å². The Balaban J connectivity index is 2.22. The van der Waals surface area contributed by atoms with E-state index in [2.05, 4.69) is 46.7 Å². The summed E-state index contributed by atoms with van der Waals surface area (Å²) in [5, 5.41) is 5.59. The smallest absolute Gasteiger partial charge is 0.0423 e. The van der Waals surface area contributed by atoms with Gasteiger partial charge in [-0.2, -0.15) is 0 Å². The average Bonchev–Trinajstić information content (AvgIpc) is 2.75. The highest BCUT2D eigenvalue weighted by Gasteiger charge is 2.13. The van der Waals surface area contributed by atoms with Crippen molar-refractivity contribution in [3.8, 4) is 0 Å². The molecule has 1 N–H and O–H groups in total. The number of hydrogen-bond donors (Lipinski definition) is 1. The summed E-state index contributed by atoms with van der Waals surface area (Å²) in [6.45, 7) is 2.27. The molecule has 0 bridgehead atoms.